The van der Waals surface area contributed by atoms with Crippen molar-refractivity contribution in [2.24, 2.45) is 4.99 Å². The number of fused-ring (bicyclic) bond motifs is 1. The maximum atomic E-state index is 5.83. The molecule has 0 atom stereocenters. The largest absolute Gasteiger partial charge is 0.461 e. The van der Waals surface area contributed by atoms with Gasteiger partial charge in [-0.25, -0.2) is 0 Å². The molecule has 5 nitrogen and oxygen atoms in total. The molecule has 0 radical (unpaired) electrons. The lowest BCUT2D eigenvalue weighted by Crippen LogP contribution is -2.38. The Morgan fingerprint density at radius 3 is 2.76 bits per heavy atom. The second-order valence-corrected chi connectivity index (χ2v) is 5.59. The smallest absolute Gasteiger partial charge is 0.191 e. The first-order valence-electron chi connectivity index (χ1n) is 8.91. The minimum absolute atomic E-state index is 0. The number of hydrogen-bond donors (Lipinski definition) is 2. The third-order valence-electron chi connectivity index (χ3n) is 3.66. The first-order chi connectivity index (χ1) is 11.8. The SMILES string of the molecule is CCNC(=NCCCCOCC)NCCc1cc2ccccc2o1.I. The van der Waals surface area contributed by atoms with Crippen molar-refractivity contribution >= 4 is 40.9 Å². The van der Waals surface area contributed by atoms with E-state index < -0.39 is 0 Å². The molecule has 1 aromatic carbocycles. The Morgan fingerprint density at radius 2 is 2.00 bits per heavy atom. The number of rotatable bonds is 10. The van der Waals surface area contributed by atoms with Gasteiger partial charge in [0.25, 0.3) is 0 Å². The van der Waals surface area contributed by atoms with E-state index in [1.165, 1.54) is 0 Å². The summed E-state index contributed by atoms with van der Waals surface area (Å²) in [6, 6.07) is 10.2. The van der Waals surface area contributed by atoms with E-state index in [-0.39, 0.29) is 24.0 Å². The van der Waals surface area contributed by atoms with E-state index in [0.717, 1.165) is 74.8 Å². The number of nitrogens with zero attached hydrogens (tertiary/aromatic N) is 1. The summed E-state index contributed by atoms with van der Waals surface area (Å²) in [6.07, 6.45) is 2.93. The average molecular weight is 459 g/mol. The Bertz CT molecular complexity index is 595. The van der Waals surface area contributed by atoms with Crippen molar-refractivity contribution in [2.45, 2.75) is 33.1 Å². The summed E-state index contributed by atoms with van der Waals surface area (Å²) in [4.78, 5) is 4.59. The van der Waals surface area contributed by atoms with Crippen LogP contribution in [-0.2, 0) is 11.2 Å². The van der Waals surface area contributed by atoms with E-state index in [0.29, 0.717) is 0 Å². The maximum absolute atomic E-state index is 5.83. The predicted octanol–water partition coefficient (Wildman–Crippen LogP) is 3.97. The van der Waals surface area contributed by atoms with Crippen LogP contribution in [-0.4, -0.2) is 38.8 Å². The van der Waals surface area contributed by atoms with E-state index in [2.05, 4.69) is 34.7 Å². The molecule has 6 heteroatoms. The molecule has 2 N–H and O–H groups in total. The summed E-state index contributed by atoms with van der Waals surface area (Å²) in [6.45, 7) is 8.17. The number of furan rings is 1. The third kappa shape index (κ3) is 8.09. The molecule has 0 amide bonds. The first-order valence-corrected chi connectivity index (χ1v) is 8.91. The van der Waals surface area contributed by atoms with Crippen LogP contribution >= 0.6 is 24.0 Å². The highest BCUT2D eigenvalue weighted by Gasteiger charge is 2.03. The van der Waals surface area contributed by atoms with Crippen LogP contribution in [0.2, 0.25) is 0 Å². The van der Waals surface area contributed by atoms with Gasteiger partial charge in [-0.05, 0) is 38.8 Å². The topological polar surface area (TPSA) is 58.8 Å². The third-order valence-corrected chi connectivity index (χ3v) is 3.66. The molecule has 0 aliphatic carbocycles. The second-order valence-electron chi connectivity index (χ2n) is 5.59. The van der Waals surface area contributed by atoms with Crippen LogP contribution in [0.1, 0.15) is 32.4 Å². The Hall–Kier alpha value is -1.28. The van der Waals surface area contributed by atoms with Crippen molar-refractivity contribution in [1.29, 1.82) is 0 Å². The van der Waals surface area contributed by atoms with Crippen LogP contribution < -0.4 is 10.6 Å². The van der Waals surface area contributed by atoms with Crippen LogP contribution in [0, 0.1) is 0 Å². The molecule has 0 fully saturated rings. The molecule has 0 spiro atoms. The number of aliphatic imine (C=N–C) groups is 1. The maximum Gasteiger partial charge on any atom is 0.191 e. The van der Waals surface area contributed by atoms with Crippen LogP contribution in [0.3, 0.4) is 0 Å². The van der Waals surface area contributed by atoms with E-state index in [9.17, 15) is 0 Å². The Balaban J connectivity index is 0.00000312. The number of nitrogens with one attached hydrogen (secondary N) is 2. The molecular formula is C19H30IN3O2. The summed E-state index contributed by atoms with van der Waals surface area (Å²) in [5, 5.41) is 7.79. The molecule has 0 saturated heterocycles. The zero-order valence-electron chi connectivity index (χ0n) is 15.2. The number of guanidine groups is 1. The fourth-order valence-electron chi connectivity index (χ4n) is 2.46. The van der Waals surface area contributed by atoms with Crippen LogP contribution in [0.4, 0.5) is 0 Å². The second kappa shape index (κ2) is 13.0. The van der Waals surface area contributed by atoms with Crippen molar-refractivity contribution < 1.29 is 9.15 Å². The van der Waals surface area contributed by atoms with Crippen molar-refractivity contribution in [3.63, 3.8) is 0 Å². The highest BCUT2D eigenvalue weighted by Crippen LogP contribution is 2.18. The number of hydrogen-bond acceptors (Lipinski definition) is 3. The monoisotopic (exact) mass is 459 g/mol. The van der Waals surface area contributed by atoms with Gasteiger partial charge in [-0.3, -0.25) is 4.99 Å². The highest BCUT2D eigenvalue weighted by molar-refractivity contribution is 14.0. The highest BCUT2D eigenvalue weighted by atomic mass is 127. The van der Waals surface area contributed by atoms with Gasteiger partial charge in [0.1, 0.15) is 11.3 Å². The summed E-state index contributed by atoms with van der Waals surface area (Å²) in [7, 11) is 0. The van der Waals surface area contributed by atoms with Crippen LogP contribution in [0.15, 0.2) is 39.7 Å². The molecule has 1 heterocycles. The summed E-state index contributed by atoms with van der Waals surface area (Å²) >= 11 is 0. The van der Waals surface area contributed by atoms with Gasteiger partial charge in [-0.15, -0.1) is 24.0 Å². The fourth-order valence-corrected chi connectivity index (χ4v) is 2.46. The zero-order valence-corrected chi connectivity index (χ0v) is 17.5. The predicted molar refractivity (Wildman–Crippen MR) is 115 cm³/mol. The van der Waals surface area contributed by atoms with Gasteiger partial charge in [-0.2, -0.15) is 0 Å². The van der Waals surface area contributed by atoms with Crippen molar-refractivity contribution in [3.8, 4) is 0 Å². The molecule has 0 aliphatic rings. The molecule has 25 heavy (non-hydrogen) atoms. The van der Waals surface area contributed by atoms with E-state index >= 15 is 0 Å². The Kier molecular flexibility index (Phi) is 11.3. The lowest BCUT2D eigenvalue weighted by atomic mass is 10.2. The van der Waals surface area contributed by atoms with E-state index in [4.69, 9.17) is 9.15 Å². The quantitative estimate of drug-likeness (QED) is 0.245. The molecule has 0 saturated carbocycles. The standard InChI is InChI=1S/C19H29N3O2.HI/c1-3-20-19(21-12-7-8-14-23-4-2)22-13-11-17-15-16-9-5-6-10-18(16)24-17;/h5-6,9-10,15H,3-4,7-8,11-14H2,1-2H3,(H2,20,21,22);1H. The number of unbranched alkanes of at least 4 members (excludes halogenated alkanes) is 1. The Morgan fingerprint density at radius 1 is 1.16 bits per heavy atom. The Labute approximate surface area is 167 Å². The van der Waals surface area contributed by atoms with Gasteiger partial charge in [0.15, 0.2) is 5.96 Å². The zero-order chi connectivity index (χ0) is 17.0. The number of para-hydroxylation sites is 1. The van der Waals surface area contributed by atoms with Gasteiger partial charge in [-0.1, -0.05) is 18.2 Å². The fraction of sp³-hybridized carbons (Fsp3) is 0.526. The van der Waals surface area contributed by atoms with Gasteiger partial charge < -0.3 is 19.8 Å². The van der Waals surface area contributed by atoms with Crippen LogP contribution in [0.5, 0.6) is 0 Å². The normalized spacial score (nSPS) is 11.4. The van der Waals surface area contributed by atoms with Gasteiger partial charge >= 0.3 is 0 Å². The van der Waals surface area contributed by atoms with Crippen molar-refractivity contribution in [2.75, 3.05) is 32.8 Å². The van der Waals surface area contributed by atoms with E-state index in [1.54, 1.807) is 0 Å². The molecule has 140 valence electrons. The minimum atomic E-state index is 0. The molecule has 2 aromatic rings. The average Bonchev–Trinajstić information content (AvgIpc) is 3.00. The van der Waals surface area contributed by atoms with Gasteiger partial charge in [0.2, 0.25) is 0 Å². The molecule has 2 rings (SSSR count). The van der Waals surface area contributed by atoms with Crippen molar-refractivity contribution in [3.05, 3.63) is 36.1 Å². The van der Waals surface area contributed by atoms with Crippen LogP contribution in [0.25, 0.3) is 11.0 Å². The van der Waals surface area contributed by atoms with Crippen molar-refractivity contribution in [1.82, 2.24) is 10.6 Å². The molecule has 0 bridgehead atoms. The van der Waals surface area contributed by atoms with E-state index in [1.807, 2.05) is 25.1 Å². The molecule has 1 aromatic heterocycles. The number of benzene rings is 1. The number of ether oxygens (including phenoxy) is 1. The van der Waals surface area contributed by atoms with Gasteiger partial charge in [0, 0.05) is 44.7 Å². The summed E-state index contributed by atoms with van der Waals surface area (Å²) in [5.74, 6) is 1.86. The molecule has 0 aliphatic heterocycles. The van der Waals surface area contributed by atoms with Gasteiger partial charge in [0.05, 0.1) is 0 Å². The number of halogens is 1. The summed E-state index contributed by atoms with van der Waals surface area (Å²) in [5.41, 5.74) is 0.947. The lowest BCUT2D eigenvalue weighted by molar-refractivity contribution is 0.144. The summed E-state index contributed by atoms with van der Waals surface area (Å²) < 4.78 is 11.2. The lowest BCUT2D eigenvalue weighted by Gasteiger charge is -2.10. The first kappa shape index (κ1) is 21.8. The molecule has 0 unspecified atom stereocenters. The minimum Gasteiger partial charge on any atom is -0.461 e. The molecular weight excluding hydrogens is 429 g/mol.